The highest BCUT2D eigenvalue weighted by Crippen LogP contribution is 2.44. The molecular weight excluding hydrogens is 421 g/mol. The molecule has 2 aromatic carbocycles. The number of ketones is 1. The minimum Gasteiger partial charge on any atom is -0.503 e. The third-order valence-corrected chi connectivity index (χ3v) is 5.33. The fourth-order valence-corrected chi connectivity index (χ4v) is 3.59. The van der Waals surface area contributed by atoms with Crippen molar-refractivity contribution in [2.24, 2.45) is 5.41 Å². The van der Waals surface area contributed by atoms with Crippen LogP contribution in [0.15, 0.2) is 59.9 Å². The first kappa shape index (κ1) is 23.4. The second-order valence-corrected chi connectivity index (χ2v) is 8.95. The topological polar surface area (TPSA) is 60.9 Å². The van der Waals surface area contributed by atoms with Crippen LogP contribution in [0.2, 0.25) is 0 Å². The summed E-state index contributed by atoms with van der Waals surface area (Å²) in [6.07, 6.45) is -4.53. The van der Waals surface area contributed by atoms with Gasteiger partial charge in [0.1, 0.15) is 0 Å². The molecule has 0 radical (unpaired) electrons. The summed E-state index contributed by atoms with van der Waals surface area (Å²) in [6.45, 7) is 5.02. The van der Waals surface area contributed by atoms with Gasteiger partial charge in [0.2, 0.25) is 0 Å². The number of aliphatic hydroxyl groups is 1. The first-order valence-corrected chi connectivity index (χ1v) is 9.99. The first-order valence-electron chi connectivity index (χ1n) is 9.99. The third-order valence-electron chi connectivity index (χ3n) is 5.33. The van der Waals surface area contributed by atoms with Crippen molar-refractivity contribution < 1.29 is 27.9 Å². The predicted octanol–water partition coefficient (Wildman–Crippen LogP) is 5.29. The van der Waals surface area contributed by atoms with Gasteiger partial charge in [0, 0.05) is 30.9 Å². The van der Waals surface area contributed by atoms with Gasteiger partial charge in [-0.15, -0.1) is 0 Å². The van der Waals surface area contributed by atoms with E-state index in [9.17, 15) is 27.9 Å². The molecule has 1 heterocycles. The van der Waals surface area contributed by atoms with Gasteiger partial charge in [-0.3, -0.25) is 14.5 Å². The number of carbonyl (C=O) groups is 2. The van der Waals surface area contributed by atoms with Crippen LogP contribution in [0.25, 0.3) is 0 Å². The summed E-state index contributed by atoms with van der Waals surface area (Å²) < 4.78 is 39.0. The molecule has 0 fully saturated rings. The fraction of sp³-hybridized carbons (Fsp3) is 0.333. The molecule has 0 saturated heterocycles. The average molecular weight is 446 g/mol. The molecule has 1 amide bonds. The Morgan fingerprint density at radius 3 is 1.94 bits per heavy atom. The Kier molecular flexibility index (Phi) is 5.84. The maximum Gasteiger partial charge on any atom is 0.416 e. The van der Waals surface area contributed by atoms with E-state index in [1.54, 1.807) is 45.0 Å². The van der Waals surface area contributed by atoms with E-state index in [0.717, 1.165) is 17.8 Å². The van der Waals surface area contributed by atoms with Gasteiger partial charge in [-0.05, 0) is 42.0 Å². The van der Waals surface area contributed by atoms with E-state index in [1.807, 2.05) is 19.0 Å². The SMILES string of the molecule is CN(C)c1ccc(C2C(C(=O)C(C)(C)C)=C(O)C(=O)N2c2ccc(C(F)(F)F)cc2)cc1. The lowest BCUT2D eigenvalue weighted by molar-refractivity contribution is -0.137. The van der Waals surface area contributed by atoms with Crippen LogP contribution in [-0.2, 0) is 15.8 Å². The van der Waals surface area contributed by atoms with E-state index in [-0.39, 0.29) is 11.3 Å². The van der Waals surface area contributed by atoms with Crippen LogP contribution in [0.5, 0.6) is 0 Å². The van der Waals surface area contributed by atoms with E-state index in [4.69, 9.17) is 0 Å². The van der Waals surface area contributed by atoms with Crippen LogP contribution >= 0.6 is 0 Å². The number of carbonyl (C=O) groups excluding carboxylic acids is 2. The third kappa shape index (κ3) is 4.22. The molecule has 8 heteroatoms. The summed E-state index contributed by atoms with van der Waals surface area (Å²) in [5.41, 5.74) is -0.228. The molecule has 0 aromatic heterocycles. The molecule has 1 aliphatic rings. The van der Waals surface area contributed by atoms with Gasteiger partial charge in [-0.2, -0.15) is 13.2 Å². The minimum absolute atomic E-state index is 0.0694. The number of nitrogens with zero attached hydrogens (tertiary/aromatic N) is 2. The second-order valence-electron chi connectivity index (χ2n) is 8.95. The van der Waals surface area contributed by atoms with E-state index < -0.39 is 40.6 Å². The smallest absolute Gasteiger partial charge is 0.416 e. The van der Waals surface area contributed by atoms with E-state index in [0.29, 0.717) is 5.56 Å². The van der Waals surface area contributed by atoms with Gasteiger partial charge in [0.15, 0.2) is 11.5 Å². The van der Waals surface area contributed by atoms with Gasteiger partial charge < -0.3 is 10.0 Å². The van der Waals surface area contributed by atoms with Crippen LogP contribution in [0.1, 0.15) is 37.9 Å². The van der Waals surface area contributed by atoms with Crippen molar-refractivity contribution in [1.82, 2.24) is 0 Å². The molecule has 0 saturated carbocycles. The molecule has 0 bridgehead atoms. The molecule has 3 rings (SSSR count). The Morgan fingerprint density at radius 2 is 1.50 bits per heavy atom. The van der Waals surface area contributed by atoms with Crippen molar-refractivity contribution in [3.05, 3.63) is 71.0 Å². The summed E-state index contributed by atoms with van der Waals surface area (Å²) in [7, 11) is 3.73. The number of alkyl halides is 3. The van der Waals surface area contributed by atoms with Crippen molar-refractivity contribution in [3.8, 4) is 0 Å². The molecule has 32 heavy (non-hydrogen) atoms. The Balaban J connectivity index is 2.15. The highest BCUT2D eigenvalue weighted by molar-refractivity contribution is 6.17. The predicted molar refractivity (Wildman–Crippen MR) is 117 cm³/mol. The van der Waals surface area contributed by atoms with E-state index in [2.05, 4.69) is 0 Å². The lowest BCUT2D eigenvalue weighted by Gasteiger charge is -2.29. The summed E-state index contributed by atoms with van der Waals surface area (Å²) in [6, 6.07) is 10.2. The average Bonchev–Trinajstić information content (AvgIpc) is 2.97. The Morgan fingerprint density at radius 1 is 0.969 bits per heavy atom. The Labute approximate surface area is 184 Å². The lowest BCUT2D eigenvalue weighted by Crippen LogP contribution is -2.32. The number of halogens is 3. The zero-order valence-electron chi connectivity index (χ0n) is 18.5. The molecule has 170 valence electrons. The molecule has 0 spiro atoms. The summed E-state index contributed by atoms with van der Waals surface area (Å²) in [4.78, 5) is 29.3. The van der Waals surface area contributed by atoms with E-state index >= 15 is 0 Å². The fourth-order valence-electron chi connectivity index (χ4n) is 3.59. The van der Waals surface area contributed by atoms with Gasteiger partial charge in [0.05, 0.1) is 17.2 Å². The maximum absolute atomic E-state index is 13.2. The Bertz CT molecular complexity index is 1060. The zero-order valence-corrected chi connectivity index (χ0v) is 18.5. The number of amides is 1. The standard InChI is InChI=1S/C24H25F3N2O3/c1-23(2,3)21(31)18-19(14-6-10-16(11-7-14)28(4)5)29(22(32)20(18)30)17-12-8-15(9-13-17)24(25,26)27/h6-13,19,30H,1-5H3. The molecule has 1 N–H and O–H groups in total. The second kappa shape index (κ2) is 8.00. The van der Waals surface area contributed by atoms with Crippen molar-refractivity contribution in [2.45, 2.75) is 33.0 Å². The van der Waals surface area contributed by atoms with Crippen LogP contribution < -0.4 is 9.80 Å². The van der Waals surface area contributed by atoms with E-state index in [1.165, 1.54) is 17.0 Å². The number of hydrogen-bond acceptors (Lipinski definition) is 4. The molecule has 1 atom stereocenters. The molecule has 2 aromatic rings. The molecule has 5 nitrogen and oxygen atoms in total. The number of anilines is 2. The van der Waals surface area contributed by atoms with Gasteiger partial charge >= 0.3 is 6.18 Å². The van der Waals surface area contributed by atoms with Crippen LogP contribution in [0.4, 0.5) is 24.5 Å². The first-order chi connectivity index (χ1) is 14.7. The normalized spacial score (nSPS) is 17.2. The number of hydrogen-bond donors (Lipinski definition) is 1. The monoisotopic (exact) mass is 446 g/mol. The summed E-state index contributed by atoms with van der Waals surface area (Å²) in [5, 5.41) is 10.7. The minimum atomic E-state index is -4.53. The van der Waals surface area contributed by atoms with Crippen molar-refractivity contribution in [3.63, 3.8) is 0 Å². The van der Waals surface area contributed by atoms with Gasteiger partial charge in [-0.1, -0.05) is 32.9 Å². The van der Waals surface area contributed by atoms with Crippen molar-refractivity contribution in [1.29, 1.82) is 0 Å². The molecule has 0 aliphatic carbocycles. The largest absolute Gasteiger partial charge is 0.503 e. The molecular formula is C24H25F3N2O3. The summed E-state index contributed by atoms with van der Waals surface area (Å²) >= 11 is 0. The number of Topliss-reactive ketones (excluding diaryl/α,β-unsaturated/α-hetero) is 1. The number of benzene rings is 2. The van der Waals surface area contributed by atoms with Gasteiger partial charge in [0.25, 0.3) is 5.91 Å². The lowest BCUT2D eigenvalue weighted by atomic mass is 9.82. The van der Waals surface area contributed by atoms with Crippen molar-refractivity contribution >= 4 is 23.1 Å². The van der Waals surface area contributed by atoms with Crippen LogP contribution in [0.3, 0.4) is 0 Å². The number of aliphatic hydroxyl groups excluding tert-OH is 1. The molecule has 1 aliphatic heterocycles. The highest BCUT2D eigenvalue weighted by Gasteiger charge is 2.46. The zero-order chi connectivity index (χ0) is 24.0. The Hall–Kier alpha value is -3.29. The quantitative estimate of drug-likeness (QED) is 0.694. The van der Waals surface area contributed by atoms with Crippen molar-refractivity contribution in [2.75, 3.05) is 23.9 Å². The van der Waals surface area contributed by atoms with Crippen LogP contribution in [-0.4, -0.2) is 30.9 Å². The highest BCUT2D eigenvalue weighted by atomic mass is 19.4. The maximum atomic E-state index is 13.2. The summed E-state index contributed by atoms with van der Waals surface area (Å²) in [5.74, 6) is -1.94. The molecule has 1 unspecified atom stereocenters. The number of rotatable bonds is 4. The van der Waals surface area contributed by atoms with Gasteiger partial charge in [-0.25, -0.2) is 0 Å². The van der Waals surface area contributed by atoms with Crippen LogP contribution in [0, 0.1) is 5.41 Å².